The molecule has 8 nitrogen and oxygen atoms in total. The quantitative estimate of drug-likeness (QED) is 0.0269. The van der Waals surface area contributed by atoms with E-state index in [1.54, 1.807) is 0 Å². The maximum Gasteiger partial charge on any atom is 0.469 e. The minimum atomic E-state index is -4.77. The standard InChI is InChI=1S/C50H87O8P/c1-3-5-7-9-11-13-15-17-19-21-23-24-25-26-27-29-31-33-35-37-39-41-43-45-50(52)58-48(47-57-59(53,54)55)46-56-49(51)44-42-40-38-36-34-32-30-28-22-20-18-16-14-12-10-8-6-4-2/h5,7,11,13-14,16-17,19-20,22-24,48H,3-4,6,8-10,12,15,18,21,25-47H2,1-2H3,(H2,53,54,55)/b7-5-,13-11-,16-14-,19-17-,22-20-,24-23-. The summed E-state index contributed by atoms with van der Waals surface area (Å²) in [7, 11) is -4.77. The van der Waals surface area contributed by atoms with Crippen LogP contribution in [0.4, 0.5) is 0 Å². The third kappa shape index (κ3) is 48.0. The van der Waals surface area contributed by atoms with Crippen molar-refractivity contribution in [1.29, 1.82) is 0 Å². The molecule has 0 aliphatic rings. The molecule has 0 bridgehead atoms. The zero-order valence-electron chi connectivity index (χ0n) is 37.6. The molecular weight excluding hydrogens is 760 g/mol. The van der Waals surface area contributed by atoms with Crippen LogP contribution in [0.15, 0.2) is 72.9 Å². The van der Waals surface area contributed by atoms with Gasteiger partial charge in [-0.2, -0.15) is 0 Å². The Hall–Kier alpha value is -2.51. The summed E-state index contributed by atoms with van der Waals surface area (Å²) in [5.41, 5.74) is 0. The number of ether oxygens (including phenoxy) is 2. The molecule has 0 aliphatic heterocycles. The van der Waals surface area contributed by atoms with Crippen LogP contribution in [0.25, 0.3) is 0 Å². The summed E-state index contributed by atoms with van der Waals surface area (Å²) in [5, 5.41) is 0. The summed E-state index contributed by atoms with van der Waals surface area (Å²) in [6, 6.07) is 0. The second kappa shape index (κ2) is 45.0. The number of carbonyl (C=O) groups is 2. The van der Waals surface area contributed by atoms with Crippen LogP contribution in [-0.2, 0) is 28.2 Å². The highest BCUT2D eigenvalue weighted by Gasteiger charge is 2.23. The van der Waals surface area contributed by atoms with E-state index in [0.29, 0.717) is 12.8 Å². The van der Waals surface area contributed by atoms with Crippen molar-refractivity contribution in [2.24, 2.45) is 0 Å². The third-order valence-electron chi connectivity index (χ3n) is 9.96. The third-order valence-corrected chi connectivity index (χ3v) is 10.4. The topological polar surface area (TPSA) is 119 Å². The maximum atomic E-state index is 12.5. The average Bonchev–Trinajstić information content (AvgIpc) is 3.21. The highest BCUT2D eigenvalue weighted by atomic mass is 31.2. The summed E-state index contributed by atoms with van der Waals surface area (Å²) in [5.74, 6) is -0.899. The van der Waals surface area contributed by atoms with Crippen LogP contribution in [0, 0.1) is 0 Å². The molecule has 0 saturated carbocycles. The first-order valence-corrected chi connectivity index (χ1v) is 25.3. The second-order valence-corrected chi connectivity index (χ2v) is 16.9. The molecule has 59 heavy (non-hydrogen) atoms. The summed E-state index contributed by atoms with van der Waals surface area (Å²) in [6.45, 7) is 3.56. The molecule has 0 fully saturated rings. The lowest BCUT2D eigenvalue weighted by Crippen LogP contribution is -2.29. The van der Waals surface area contributed by atoms with Crippen molar-refractivity contribution in [3.8, 4) is 0 Å². The van der Waals surface area contributed by atoms with Gasteiger partial charge in [0, 0.05) is 12.8 Å². The Kier molecular flexibility index (Phi) is 43.1. The van der Waals surface area contributed by atoms with Gasteiger partial charge in [0.25, 0.3) is 0 Å². The van der Waals surface area contributed by atoms with Gasteiger partial charge in [-0.25, -0.2) is 4.57 Å². The van der Waals surface area contributed by atoms with E-state index in [4.69, 9.17) is 19.3 Å². The van der Waals surface area contributed by atoms with Crippen LogP contribution in [-0.4, -0.2) is 41.0 Å². The van der Waals surface area contributed by atoms with Crippen LogP contribution in [0.5, 0.6) is 0 Å². The zero-order valence-corrected chi connectivity index (χ0v) is 38.5. The van der Waals surface area contributed by atoms with Gasteiger partial charge < -0.3 is 19.3 Å². The molecule has 0 radical (unpaired) electrons. The monoisotopic (exact) mass is 847 g/mol. The van der Waals surface area contributed by atoms with Crippen molar-refractivity contribution in [1.82, 2.24) is 0 Å². The normalized spacial score (nSPS) is 13.1. The number of hydrogen-bond donors (Lipinski definition) is 2. The Morgan fingerprint density at radius 3 is 1.22 bits per heavy atom. The van der Waals surface area contributed by atoms with Crippen LogP contribution < -0.4 is 0 Å². The van der Waals surface area contributed by atoms with Crippen molar-refractivity contribution in [3.05, 3.63) is 72.9 Å². The predicted octanol–water partition coefficient (Wildman–Crippen LogP) is 15.0. The Morgan fingerprint density at radius 2 is 0.814 bits per heavy atom. The lowest BCUT2D eigenvalue weighted by Gasteiger charge is -2.18. The predicted molar refractivity (Wildman–Crippen MR) is 248 cm³/mol. The summed E-state index contributed by atoms with van der Waals surface area (Å²) in [6.07, 6.45) is 59.1. The molecule has 0 rings (SSSR count). The number of unbranched alkanes of at least 4 members (excludes halogenated alkanes) is 21. The molecule has 0 aliphatic carbocycles. The summed E-state index contributed by atoms with van der Waals surface area (Å²) >= 11 is 0. The molecule has 0 amide bonds. The van der Waals surface area contributed by atoms with Gasteiger partial charge in [0.1, 0.15) is 6.61 Å². The van der Waals surface area contributed by atoms with E-state index in [2.05, 4.69) is 91.3 Å². The smallest absolute Gasteiger partial charge is 0.462 e. The Labute approximate surface area is 361 Å². The summed E-state index contributed by atoms with van der Waals surface area (Å²) < 4.78 is 26.5. The first kappa shape index (κ1) is 56.5. The molecule has 0 heterocycles. The molecular formula is C50H87O8P. The molecule has 1 atom stereocenters. The minimum Gasteiger partial charge on any atom is -0.462 e. The lowest BCUT2D eigenvalue weighted by molar-refractivity contribution is -0.161. The first-order chi connectivity index (χ1) is 28.8. The molecule has 0 aromatic carbocycles. The van der Waals surface area contributed by atoms with Crippen molar-refractivity contribution in [2.45, 2.75) is 219 Å². The van der Waals surface area contributed by atoms with Gasteiger partial charge in [-0.3, -0.25) is 14.1 Å². The van der Waals surface area contributed by atoms with Crippen molar-refractivity contribution in [2.75, 3.05) is 13.2 Å². The van der Waals surface area contributed by atoms with E-state index in [0.717, 1.165) is 83.5 Å². The fourth-order valence-electron chi connectivity index (χ4n) is 6.45. The summed E-state index contributed by atoms with van der Waals surface area (Å²) in [4.78, 5) is 43.0. The Balaban J connectivity index is 3.88. The lowest BCUT2D eigenvalue weighted by atomic mass is 10.0. The van der Waals surface area contributed by atoms with E-state index in [-0.39, 0.29) is 19.4 Å². The zero-order chi connectivity index (χ0) is 43.2. The van der Waals surface area contributed by atoms with Gasteiger partial charge in [-0.1, -0.05) is 189 Å². The fraction of sp³-hybridized carbons (Fsp3) is 0.720. The second-order valence-electron chi connectivity index (χ2n) is 15.7. The van der Waals surface area contributed by atoms with E-state index >= 15 is 0 Å². The number of carbonyl (C=O) groups excluding carboxylic acids is 2. The molecule has 1 unspecified atom stereocenters. The Bertz CT molecular complexity index is 1180. The maximum absolute atomic E-state index is 12.5. The van der Waals surface area contributed by atoms with Gasteiger partial charge in [0.05, 0.1) is 6.61 Å². The highest BCUT2D eigenvalue weighted by Crippen LogP contribution is 2.36. The molecule has 0 saturated heterocycles. The van der Waals surface area contributed by atoms with Gasteiger partial charge in [-0.05, 0) is 83.5 Å². The van der Waals surface area contributed by atoms with Crippen LogP contribution in [0.2, 0.25) is 0 Å². The van der Waals surface area contributed by atoms with Crippen LogP contribution in [0.3, 0.4) is 0 Å². The van der Waals surface area contributed by atoms with Gasteiger partial charge in [0.2, 0.25) is 0 Å². The number of phosphoric acid groups is 1. The number of phosphoric ester groups is 1. The molecule has 9 heteroatoms. The minimum absolute atomic E-state index is 0.202. The highest BCUT2D eigenvalue weighted by molar-refractivity contribution is 7.46. The van der Waals surface area contributed by atoms with Crippen molar-refractivity contribution in [3.63, 3.8) is 0 Å². The molecule has 0 aromatic heterocycles. The van der Waals surface area contributed by atoms with E-state index < -0.39 is 32.5 Å². The number of rotatable bonds is 43. The molecule has 340 valence electrons. The van der Waals surface area contributed by atoms with E-state index in [1.165, 1.54) is 89.9 Å². The Morgan fingerprint density at radius 1 is 0.458 bits per heavy atom. The average molecular weight is 847 g/mol. The van der Waals surface area contributed by atoms with E-state index in [1.807, 2.05) is 0 Å². The first-order valence-electron chi connectivity index (χ1n) is 23.7. The van der Waals surface area contributed by atoms with Crippen LogP contribution >= 0.6 is 7.82 Å². The number of allylic oxidation sites excluding steroid dienone is 12. The SMILES string of the molecule is CC/C=C\C/C=C\C/C=C\C/C=C\CCCCCCCCCCCCC(=O)OC(COC(=O)CCCCCCCCC/C=C\C/C=C\CCCCCC)COP(=O)(O)O. The largest absolute Gasteiger partial charge is 0.469 e. The fourth-order valence-corrected chi connectivity index (χ4v) is 6.81. The van der Waals surface area contributed by atoms with Gasteiger partial charge >= 0.3 is 19.8 Å². The van der Waals surface area contributed by atoms with Gasteiger partial charge in [0.15, 0.2) is 6.10 Å². The van der Waals surface area contributed by atoms with E-state index in [9.17, 15) is 14.2 Å². The van der Waals surface area contributed by atoms with Crippen molar-refractivity contribution >= 4 is 19.8 Å². The molecule has 0 aromatic rings. The van der Waals surface area contributed by atoms with Crippen LogP contribution in [0.1, 0.15) is 213 Å². The molecule has 0 spiro atoms. The molecule has 2 N–H and O–H groups in total. The number of esters is 2. The number of hydrogen-bond acceptors (Lipinski definition) is 6. The van der Waals surface area contributed by atoms with Crippen molar-refractivity contribution < 1.29 is 37.9 Å². The van der Waals surface area contributed by atoms with Gasteiger partial charge in [-0.15, -0.1) is 0 Å².